The van der Waals surface area contributed by atoms with Crippen molar-refractivity contribution in [3.63, 3.8) is 0 Å². The molecule has 0 radical (unpaired) electrons. The van der Waals surface area contributed by atoms with Crippen LogP contribution in [0.25, 0.3) is 0 Å². The fourth-order valence-corrected chi connectivity index (χ4v) is 5.49. The minimum absolute atomic E-state index is 0.181. The lowest BCUT2D eigenvalue weighted by Crippen LogP contribution is -2.77. The van der Waals surface area contributed by atoms with Crippen molar-refractivity contribution >= 4 is 29.2 Å². The van der Waals surface area contributed by atoms with Crippen LogP contribution in [0, 0.1) is 11.2 Å². The van der Waals surface area contributed by atoms with Gasteiger partial charge in [0.2, 0.25) is 11.8 Å². The van der Waals surface area contributed by atoms with E-state index in [0.29, 0.717) is 18.8 Å². The maximum Gasteiger partial charge on any atom is 0.331 e. The molecule has 2 aromatic rings. The number of piperazine rings is 1. The number of halogens is 1. The van der Waals surface area contributed by atoms with Crippen molar-refractivity contribution in [3.8, 4) is 0 Å². The maximum atomic E-state index is 14.6. The Balaban J connectivity index is 1.65. The van der Waals surface area contributed by atoms with Crippen LogP contribution in [0.15, 0.2) is 48.5 Å². The Morgan fingerprint density at radius 2 is 1.64 bits per heavy atom. The van der Waals surface area contributed by atoms with Gasteiger partial charge in [0.1, 0.15) is 5.82 Å². The summed E-state index contributed by atoms with van der Waals surface area (Å²) in [5.41, 5.74) is -0.00441. The van der Waals surface area contributed by atoms with Crippen molar-refractivity contribution in [3.05, 3.63) is 59.9 Å². The number of imide groups is 2. The third kappa shape index (κ3) is 3.11. The van der Waals surface area contributed by atoms with Crippen molar-refractivity contribution in [1.29, 1.82) is 0 Å². The second-order valence-electron chi connectivity index (χ2n) is 9.95. The predicted octanol–water partition coefficient (Wildman–Crippen LogP) is 2.94. The zero-order chi connectivity index (χ0) is 23.5. The van der Waals surface area contributed by atoms with E-state index < -0.39 is 34.8 Å². The van der Waals surface area contributed by atoms with E-state index >= 15 is 0 Å². The monoisotopic (exact) mass is 450 g/mol. The van der Waals surface area contributed by atoms with Gasteiger partial charge in [-0.05, 0) is 51.0 Å². The molecule has 2 atom stereocenters. The number of para-hydroxylation sites is 2. The number of carbonyl (C=O) groups is 3. The first-order chi connectivity index (χ1) is 15.6. The standard InChI is InChI=1S/C25H27FN4O3/c1-24(2,3)30-22(32)25(21(31)27-23(30)33)14-16-8-4-6-10-18(16)29-13-12-28(15-20(25)29)19-11-7-5-9-17(19)26/h4-11,20H,12-15H2,1-3H3,(H,27,31,33)/t20-,25+/m1/s1. The van der Waals surface area contributed by atoms with Crippen molar-refractivity contribution in [2.75, 3.05) is 29.4 Å². The smallest absolute Gasteiger partial charge is 0.331 e. The molecule has 3 aliphatic heterocycles. The van der Waals surface area contributed by atoms with Crippen LogP contribution in [-0.2, 0) is 16.0 Å². The van der Waals surface area contributed by atoms with Gasteiger partial charge in [-0.1, -0.05) is 30.3 Å². The molecular weight excluding hydrogens is 423 g/mol. The van der Waals surface area contributed by atoms with Gasteiger partial charge in [-0.2, -0.15) is 0 Å². The number of hydrogen-bond donors (Lipinski definition) is 1. The highest BCUT2D eigenvalue weighted by molar-refractivity contribution is 6.20. The highest BCUT2D eigenvalue weighted by Gasteiger charge is 2.64. The number of urea groups is 1. The third-order valence-corrected chi connectivity index (χ3v) is 7.00. The third-order valence-electron chi connectivity index (χ3n) is 7.00. The Morgan fingerprint density at radius 3 is 2.33 bits per heavy atom. The molecule has 1 spiro atoms. The van der Waals surface area contributed by atoms with Gasteiger partial charge in [-0.15, -0.1) is 0 Å². The van der Waals surface area contributed by atoms with Gasteiger partial charge in [0.15, 0.2) is 5.41 Å². The van der Waals surface area contributed by atoms with Gasteiger partial charge in [0, 0.05) is 30.9 Å². The zero-order valence-electron chi connectivity index (χ0n) is 19.0. The van der Waals surface area contributed by atoms with Crippen LogP contribution >= 0.6 is 0 Å². The minimum Gasteiger partial charge on any atom is -0.365 e. The van der Waals surface area contributed by atoms with E-state index in [0.717, 1.165) is 11.3 Å². The van der Waals surface area contributed by atoms with Crippen molar-refractivity contribution in [2.45, 2.75) is 38.8 Å². The first kappa shape index (κ1) is 21.4. The molecule has 0 bridgehead atoms. The fourth-order valence-electron chi connectivity index (χ4n) is 5.49. The summed E-state index contributed by atoms with van der Waals surface area (Å²) in [6.45, 7) is 6.65. The van der Waals surface area contributed by atoms with Crippen LogP contribution in [0.5, 0.6) is 0 Å². The van der Waals surface area contributed by atoms with Crippen LogP contribution < -0.4 is 15.1 Å². The molecule has 7 nitrogen and oxygen atoms in total. The van der Waals surface area contributed by atoms with Crippen molar-refractivity contribution in [1.82, 2.24) is 10.2 Å². The van der Waals surface area contributed by atoms with Crippen LogP contribution in [0.1, 0.15) is 26.3 Å². The van der Waals surface area contributed by atoms with Gasteiger partial charge in [0.25, 0.3) is 0 Å². The summed E-state index contributed by atoms with van der Waals surface area (Å²) >= 11 is 0. The fraction of sp³-hybridized carbons (Fsp3) is 0.400. The number of hydrogen-bond acceptors (Lipinski definition) is 5. The average molecular weight is 451 g/mol. The second kappa shape index (κ2) is 7.30. The SMILES string of the molecule is CC(C)(C)N1C(=O)NC(=O)[C@@]2(Cc3ccccc3N3CCN(c4ccccc4F)C[C@@H]32)C1=O. The highest BCUT2D eigenvalue weighted by atomic mass is 19.1. The number of benzene rings is 2. The predicted molar refractivity (Wildman–Crippen MR) is 122 cm³/mol. The first-order valence-corrected chi connectivity index (χ1v) is 11.2. The van der Waals surface area contributed by atoms with Gasteiger partial charge in [-0.25, -0.2) is 9.18 Å². The molecule has 8 heteroatoms. The molecule has 2 saturated heterocycles. The Labute approximate surface area is 192 Å². The Morgan fingerprint density at radius 1 is 0.970 bits per heavy atom. The van der Waals surface area contributed by atoms with Crippen LogP contribution in [-0.4, -0.2) is 54.0 Å². The molecule has 0 saturated carbocycles. The zero-order valence-corrected chi connectivity index (χ0v) is 19.0. The molecule has 33 heavy (non-hydrogen) atoms. The molecular formula is C25H27FN4O3. The number of amides is 4. The normalized spacial score (nSPS) is 25.2. The summed E-state index contributed by atoms with van der Waals surface area (Å²) in [5.74, 6) is -1.43. The van der Waals surface area contributed by atoms with Gasteiger partial charge < -0.3 is 9.80 Å². The number of nitrogens with zero attached hydrogens (tertiary/aromatic N) is 3. The van der Waals surface area contributed by atoms with Crippen molar-refractivity contribution in [2.24, 2.45) is 5.41 Å². The summed E-state index contributed by atoms with van der Waals surface area (Å²) in [6.07, 6.45) is 0.181. The lowest BCUT2D eigenvalue weighted by atomic mass is 9.67. The van der Waals surface area contributed by atoms with Crippen LogP contribution in [0.4, 0.5) is 20.6 Å². The Hall–Kier alpha value is -3.42. The van der Waals surface area contributed by atoms with E-state index in [1.54, 1.807) is 39.0 Å². The molecule has 0 aromatic heterocycles. The van der Waals surface area contributed by atoms with Gasteiger partial charge >= 0.3 is 6.03 Å². The molecule has 2 aromatic carbocycles. The highest BCUT2D eigenvalue weighted by Crippen LogP contribution is 2.47. The van der Waals surface area contributed by atoms with E-state index in [1.165, 1.54) is 11.0 Å². The number of fused-ring (bicyclic) bond motifs is 4. The summed E-state index contributed by atoms with van der Waals surface area (Å²) in [7, 11) is 0. The summed E-state index contributed by atoms with van der Waals surface area (Å²) in [6, 6.07) is 13.0. The average Bonchev–Trinajstić information content (AvgIpc) is 2.76. The topological polar surface area (TPSA) is 73.0 Å². The number of carbonyl (C=O) groups excluding carboxylic acids is 3. The second-order valence-corrected chi connectivity index (χ2v) is 9.95. The summed E-state index contributed by atoms with van der Waals surface area (Å²) in [5, 5.41) is 2.46. The van der Waals surface area contributed by atoms with Crippen molar-refractivity contribution < 1.29 is 18.8 Å². The van der Waals surface area contributed by atoms with E-state index in [4.69, 9.17) is 0 Å². The Bertz CT molecular complexity index is 1160. The number of nitrogens with one attached hydrogen (secondary N) is 1. The molecule has 3 heterocycles. The van der Waals surface area contributed by atoms with E-state index in [2.05, 4.69) is 10.2 Å². The maximum absolute atomic E-state index is 14.6. The van der Waals surface area contributed by atoms with Gasteiger partial charge in [0.05, 0.1) is 11.7 Å². The quantitative estimate of drug-likeness (QED) is 0.677. The number of barbiturate groups is 1. The largest absolute Gasteiger partial charge is 0.365 e. The van der Waals surface area contributed by atoms with Crippen LogP contribution in [0.2, 0.25) is 0 Å². The minimum atomic E-state index is -1.50. The van der Waals surface area contributed by atoms with E-state index in [1.807, 2.05) is 29.2 Å². The lowest BCUT2D eigenvalue weighted by Gasteiger charge is -2.56. The van der Waals surface area contributed by atoms with Crippen LogP contribution in [0.3, 0.4) is 0 Å². The lowest BCUT2D eigenvalue weighted by molar-refractivity contribution is -0.156. The molecule has 4 amide bonds. The van der Waals surface area contributed by atoms with E-state index in [-0.39, 0.29) is 18.8 Å². The first-order valence-electron chi connectivity index (χ1n) is 11.2. The number of anilines is 2. The van der Waals surface area contributed by atoms with E-state index in [9.17, 15) is 18.8 Å². The number of rotatable bonds is 1. The molecule has 172 valence electrons. The molecule has 3 aliphatic rings. The van der Waals surface area contributed by atoms with Gasteiger partial charge in [-0.3, -0.25) is 19.8 Å². The Kier molecular flexibility index (Phi) is 4.74. The molecule has 1 N–H and O–H groups in total. The molecule has 0 aliphatic carbocycles. The summed E-state index contributed by atoms with van der Waals surface area (Å²) in [4.78, 5) is 45.5. The molecule has 2 fully saturated rings. The summed E-state index contributed by atoms with van der Waals surface area (Å²) < 4.78 is 14.6. The molecule has 5 rings (SSSR count). The molecule has 0 unspecified atom stereocenters.